The number of piperidine rings is 2. The third kappa shape index (κ3) is 13.1. The highest BCUT2D eigenvalue weighted by Gasteiger charge is 2.45. The molecule has 5 N–H and O–H groups in total. The van der Waals surface area contributed by atoms with Crippen LogP contribution in [0.4, 0.5) is 28.8 Å². The van der Waals surface area contributed by atoms with Crippen LogP contribution in [0.3, 0.4) is 0 Å². The number of nitrogens with one attached hydrogen (secondary N) is 5. The number of amides is 5. The fourth-order valence-corrected chi connectivity index (χ4v) is 10.7. The number of nitrogens with zero attached hydrogens (tertiary/aromatic N) is 4. The molecule has 3 aliphatic rings. The minimum atomic E-state index is -3.58. The molecule has 7 rings (SSSR count). The molecule has 1 atom stereocenters. The summed E-state index contributed by atoms with van der Waals surface area (Å²) in [5.74, 6) is -0.491. The van der Waals surface area contributed by atoms with E-state index in [2.05, 4.69) is 54.4 Å². The van der Waals surface area contributed by atoms with E-state index in [9.17, 15) is 32.4 Å². The second-order valence-corrected chi connectivity index (χ2v) is 21.9. The number of benzene rings is 3. The standard InChI is InChI=1S/C52H66ClN9O8S/c1-32(2)70-43-30-37(34(5)29-41(43)58-52-56-31-38(53)48(60-52)57-39-16-10-11-18-44(39)71(68,69)33(3)4)35-21-26-61(27-22-35)28-23-45(63)55-25-13-9-7-6-8-12-24-54-40-17-14-15-36-47(40)51(67)62(50(36)66)42-19-20-46(64)59-49(42)65/h10-11,14-18,29-33,35,42,54H,6-9,12-13,19-28H2,1-5H3,(H,55,63)(H,59,64,65)(H2,56,57,58,60). The van der Waals surface area contributed by atoms with Gasteiger partial charge in [-0.3, -0.25) is 34.2 Å². The van der Waals surface area contributed by atoms with Gasteiger partial charge in [-0.15, -0.1) is 0 Å². The van der Waals surface area contributed by atoms with Gasteiger partial charge in [0.25, 0.3) is 11.8 Å². The zero-order valence-corrected chi connectivity index (χ0v) is 42.8. The van der Waals surface area contributed by atoms with E-state index in [1.54, 1.807) is 56.3 Å². The normalized spacial score (nSPS) is 16.6. The number of carbonyl (C=O) groups excluding carboxylic acids is 5. The average Bonchev–Trinajstić information content (AvgIpc) is 3.59. The van der Waals surface area contributed by atoms with Gasteiger partial charge in [-0.1, -0.05) is 55.5 Å². The van der Waals surface area contributed by atoms with E-state index in [0.29, 0.717) is 54.8 Å². The fraction of sp³-hybridized carbons (Fsp3) is 0.481. The molecule has 0 saturated carbocycles. The van der Waals surface area contributed by atoms with E-state index < -0.39 is 44.8 Å². The van der Waals surface area contributed by atoms with Crippen LogP contribution in [-0.4, -0.2) is 108 Å². The van der Waals surface area contributed by atoms with Crippen LogP contribution >= 0.6 is 11.6 Å². The van der Waals surface area contributed by atoms with Crippen molar-refractivity contribution in [3.63, 3.8) is 0 Å². The monoisotopic (exact) mass is 1010 g/mol. The number of para-hydroxylation sites is 1. The largest absolute Gasteiger partial charge is 0.489 e. The molecule has 5 amide bonds. The molecular weight excluding hydrogens is 946 g/mol. The van der Waals surface area contributed by atoms with Crippen molar-refractivity contribution in [2.45, 2.75) is 133 Å². The molecule has 0 aliphatic carbocycles. The van der Waals surface area contributed by atoms with E-state index >= 15 is 0 Å². The number of halogens is 1. The van der Waals surface area contributed by atoms with Crippen molar-refractivity contribution >= 4 is 79.8 Å². The molecular formula is C52H66ClN9O8S. The molecule has 1 unspecified atom stereocenters. The Labute approximate surface area is 421 Å². The van der Waals surface area contributed by atoms with Gasteiger partial charge in [0.15, 0.2) is 15.7 Å². The Bertz CT molecular complexity index is 2730. The number of anilines is 5. The first-order chi connectivity index (χ1) is 34.0. The van der Waals surface area contributed by atoms with Crippen molar-refractivity contribution in [2.24, 2.45) is 0 Å². The number of hydrogen-bond donors (Lipinski definition) is 5. The van der Waals surface area contributed by atoms with Crippen molar-refractivity contribution in [2.75, 3.05) is 48.7 Å². The lowest BCUT2D eigenvalue weighted by Crippen LogP contribution is -2.54. The van der Waals surface area contributed by atoms with Gasteiger partial charge < -0.3 is 30.9 Å². The molecule has 1 aromatic heterocycles. The van der Waals surface area contributed by atoms with Gasteiger partial charge in [-0.25, -0.2) is 13.4 Å². The number of ether oxygens (including phenoxy) is 1. The van der Waals surface area contributed by atoms with Crippen LogP contribution in [0.1, 0.15) is 136 Å². The summed E-state index contributed by atoms with van der Waals surface area (Å²) in [6, 6.07) is 14.9. The topological polar surface area (TPSA) is 221 Å². The second kappa shape index (κ2) is 23.9. The first-order valence-corrected chi connectivity index (χ1v) is 26.7. The summed E-state index contributed by atoms with van der Waals surface area (Å²) in [5.41, 5.74) is 4.48. The minimum Gasteiger partial charge on any atom is -0.489 e. The third-order valence-electron chi connectivity index (χ3n) is 13.2. The molecule has 3 aliphatic heterocycles. The first kappa shape index (κ1) is 52.7. The predicted molar refractivity (Wildman–Crippen MR) is 275 cm³/mol. The van der Waals surface area contributed by atoms with E-state index in [1.807, 2.05) is 19.9 Å². The molecule has 4 aromatic rings. The molecule has 0 radical (unpaired) electrons. The van der Waals surface area contributed by atoms with Gasteiger partial charge in [0, 0.05) is 38.2 Å². The number of hydrogen-bond acceptors (Lipinski definition) is 14. The molecule has 71 heavy (non-hydrogen) atoms. The number of aromatic nitrogens is 2. The second-order valence-electron chi connectivity index (χ2n) is 19.0. The summed E-state index contributed by atoms with van der Waals surface area (Å²) in [6.45, 7) is 13.1. The van der Waals surface area contributed by atoms with Gasteiger partial charge in [-0.05, 0) is 133 Å². The number of fused-ring (bicyclic) bond motifs is 1. The van der Waals surface area contributed by atoms with E-state index in [-0.39, 0.29) is 57.7 Å². The van der Waals surface area contributed by atoms with Crippen molar-refractivity contribution < 1.29 is 37.1 Å². The lowest BCUT2D eigenvalue weighted by Gasteiger charge is -2.33. The van der Waals surface area contributed by atoms with Crippen LogP contribution in [0.5, 0.6) is 5.75 Å². The van der Waals surface area contributed by atoms with E-state index in [4.69, 9.17) is 16.3 Å². The molecule has 2 saturated heterocycles. The number of rotatable bonds is 23. The molecule has 380 valence electrons. The maximum absolute atomic E-state index is 13.3. The summed E-state index contributed by atoms with van der Waals surface area (Å²) in [6.07, 6.45) is 9.80. The van der Waals surface area contributed by atoms with Crippen molar-refractivity contribution in [3.05, 3.63) is 88.1 Å². The van der Waals surface area contributed by atoms with E-state index in [1.165, 1.54) is 11.8 Å². The lowest BCUT2D eigenvalue weighted by atomic mass is 9.86. The molecule has 3 aromatic carbocycles. The van der Waals surface area contributed by atoms with Crippen molar-refractivity contribution in [1.82, 2.24) is 30.4 Å². The van der Waals surface area contributed by atoms with Gasteiger partial charge in [0.2, 0.25) is 23.7 Å². The van der Waals surface area contributed by atoms with Gasteiger partial charge >= 0.3 is 0 Å². The Balaban J connectivity index is 0.799. The molecule has 4 heterocycles. The quantitative estimate of drug-likeness (QED) is 0.0348. The van der Waals surface area contributed by atoms with E-state index in [0.717, 1.165) is 74.9 Å². The molecule has 0 spiro atoms. The lowest BCUT2D eigenvalue weighted by molar-refractivity contribution is -0.136. The number of sulfone groups is 1. The summed E-state index contributed by atoms with van der Waals surface area (Å²) >= 11 is 6.52. The highest BCUT2D eigenvalue weighted by Crippen LogP contribution is 2.39. The van der Waals surface area contributed by atoms with Gasteiger partial charge in [-0.2, -0.15) is 4.98 Å². The molecule has 19 heteroatoms. The summed E-state index contributed by atoms with van der Waals surface area (Å²) in [7, 11) is -3.58. The summed E-state index contributed by atoms with van der Waals surface area (Å²) in [4.78, 5) is 75.8. The minimum absolute atomic E-state index is 0.0665. The number of unbranched alkanes of at least 4 members (excludes halogenated alkanes) is 5. The van der Waals surface area contributed by atoms with Crippen LogP contribution in [0.25, 0.3) is 0 Å². The van der Waals surface area contributed by atoms with Crippen molar-refractivity contribution in [1.29, 1.82) is 0 Å². The smallest absolute Gasteiger partial charge is 0.264 e. The predicted octanol–water partition coefficient (Wildman–Crippen LogP) is 8.43. The van der Waals surface area contributed by atoms with Crippen LogP contribution in [0.15, 0.2) is 65.7 Å². The number of likely N-dealkylation sites (tertiary alicyclic amines) is 1. The van der Waals surface area contributed by atoms with Gasteiger partial charge in [0.05, 0.1) is 44.9 Å². The maximum atomic E-state index is 13.3. The SMILES string of the molecule is Cc1cc(Nc2ncc(Cl)c(Nc3ccccc3S(=O)(=O)C(C)C)n2)c(OC(C)C)cc1C1CCN(CCC(=O)NCCCCCCCCNc2cccc3c2C(=O)N(C2CCC(=O)NC2=O)C3=O)CC1. The van der Waals surface area contributed by atoms with Gasteiger partial charge in [0.1, 0.15) is 16.8 Å². The zero-order valence-electron chi connectivity index (χ0n) is 41.2. The third-order valence-corrected chi connectivity index (χ3v) is 15.7. The molecule has 0 bridgehead atoms. The zero-order chi connectivity index (χ0) is 50.8. The Hall–Kier alpha value is -6.11. The van der Waals surface area contributed by atoms with Crippen LogP contribution < -0.4 is 31.3 Å². The van der Waals surface area contributed by atoms with Crippen LogP contribution in [0, 0.1) is 6.92 Å². The number of aryl methyl sites for hydroxylation is 1. The molecule has 17 nitrogen and oxygen atoms in total. The Morgan fingerprint density at radius 1 is 0.859 bits per heavy atom. The van der Waals surface area contributed by atoms with Crippen LogP contribution in [0.2, 0.25) is 5.02 Å². The van der Waals surface area contributed by atoms with Crippen molar-refractivity contribution in [3.8, 4) is 5.75 Å². The summed E-state index contributed by atoms with van der Waals surface area (Å²) < 4.78 is 32.5. The molecule has 2 fully saturated rings. The Kier molecular flexibility index (Phi) is 17.7. The number of carbonyl (C=O) groups is 5. The summed E-state index contributed by atoms with van der Waals surface area (Å²) in [5, 5.41) is 14.7. The Morgan fingerprint density at radius 3 is 2.28 bits per heavy atom. The average molecular weight is 1010 g/mol. The highest BCUT2D eigenvalue weighted by atomic mass is 35.5. The fourth-order valence-electron chi connectivity index (χ4n) is 9.31. The number of imide groups is 2. The highest BCUT2D eigenvalue weighted by molar-refractivity contribution is 7.92. The Morgan fingerprint density at radius 2 is 1.56 bits per heavy atom. The van der Waals surface area contributed by atoms with Crippen LogP contribution in [-0.2, 0) is 24.2 Å². The first-order valence-electron chi connectivity index (χ1n) is 24.8. The maximum Gasteiger partial charge on any atom is 0.264 e.